The molecule has 1 atom stereocenters. The first-order chi connectivity index (χ1) is 10.1. The zero-order chi connectivity index (χ0) is 15.2. The Labute approximate surface area is 136 Å². The van der Waals surface area contributed by atoms with Gasteiger partial charge in [-0.3, -0.25) is 4.79 Å². The van der Waals surface area contributed by atoms with Crippen LogP contribution >= 0.6 is 23.2 Å². The van der Waals surface area contributed by atoms with Crippen molar-refractivity contribution >= 4 is 29.1 Å². The maximum atomic E-state index is 12.7. The number of carbonyl (C=O) groups excluding carboxylic acids is 1. The van der Waals surface area contributed by atoms with E-state index in [1.807, 2.05) is 4.90 Å². The van der Waals surface area contributed by atoms with Gasteiger partial charge in [-0.25, -0.2) is 0 Å². The SMILES string of the molecule is CCCCN(CC1CCCN1)C(=O)c1ccc(Cl)cc1Cl. The fourth-order valence-corrected chi connectivity index (χ4v) is 3.13. The van der Waals surface area contributed by atoms with E-state index in [2.05, 4.69) is 12.2 Å². The number of rotatable bonds is 6. The average molecular weight is 329 g/mol. The highest BCUT2D eigenvalue weighted by atomic mass is 35.5. The standard InChI is InChI=1S/C16H22Cl2N2O/c1-2-3-9-20(11-13-5-4-8-19-13)16(21)14-7-6-12(17)10-15(14)18/h6-7,10,13,19H,2-5,8-9,11H2,1H3. The topological polar surface area (TPSA) is 32.3 Å². The lowest BCUT2D eigenvalue weighted by Gasteiger charge is -2.26. The summed E-state index contributed by atoms with van der Waals surface area (Å²) in [4.78, 5) is 14.7. The molecule has 1 fully saturated rings. The fourth-order valence-electron chi connectivity index (χ4n) is 2.64. The minimum Gasteiger partial charge on any atom is -0.337 e. The molecule has 0 aliphatic carbocycles. The molecule has 1 amide bonds. The monoisotopic (exact) mass is 328 g/mol. The normalized spacial score (nSPS) is 18.0. The second kappa shape index (κ2) is 8.02. The minimum absolute atomic E-state index is 0.00110. The number of hydrogen-bond donors (Lipinski definition) is 1. The Bertz CT molecular complexity index is 487. The molecule has 0 aromatic heterocycles. The van der Waals surface area contributed by atoms with Crippen LogP contribution in [0.2, 0.25) is 10.0 Å². The highest BCUT2D eigenvalue weighted by Crippen LogP contribution is 2.23. The fraction of sp³-hybridized carbons (Fsp3) is 0.562. The summed E-state index contributed by atoms with van der Waals surface area (Å²) >= 11 is 12.1. The van der Waals surface area contributed by atoms with Gasteiger partial charge in [-0.2, -0.15) is 0 Å². The van der Waals surface area contributed by atoms with Crippen LogP contribution in [0.1, 0.15) is 43.0 Å². The summed E-state index contributed by atoms with van der Waals surface area (Å²) in [5.74, 6) is -0.00110. The molecule has 1 N–H and O–H groups in total. The molecule has 0 bridgehead atoms. The number of hydrogen-bond acceptors (Lipinski definition) is 2. The van der Waals surface area contributed by atoms with Crippen LogP contribution in [0.4, 0.5) is 0 Å². The minimum atomic E-state index is -0.00110. The number of nitrogens with one attached hydrogen (secondary N) is 1. The Morgan fingerprint density at radius 3 is 2.86 bits per heavy atom. The third-order valence-electron chi connectivity index (χ3n) is 3.83. The van der Waals surface area contributed by atoms with Crippen molar-refractivity contribution in [3.8, 4) is 0 Å². The van der Waals surface area contributed by atoms with Crippen molar-refractivity contribution in [1.29, 1.82) is 0 Å². The van der Waals surface area contributed by atoms with Crippen molar-refractivity contribution in [3.05, 3.63) is 33.8 Å². The first-order valence-corrected chi connectivity index (χ1v) is 8.35. The Hall–Kier alpha value is -0.770. The maximum absolute atomic E-state index is 12.7. The molecule has 0 spiro atoms. The molecule has 1 aliphatic heterocycles. The van der Waals surface area contributed by atoms with Crippen molar-refractivity contribution in [2.24, 2.45) is 0 Å². The van der Waals surface area contributed by atoms with E-state index in [4.69, 9.17) is 23.2 Å². The Balaban J connectivity index is 2.11. The van der Waals surface area contributed by atoms with Gasteiger partial charge in [0.15, 0.2) is 0 Å². The lowest BCUT2D eigenvalue weighted by Crippen LogP contribution is -2.41. The number of carbonyl (C=O) groups is 1. The van der Waals surface area contributed by atoms with Crippen LogP contribution in [-0.2, 0) is 0 Å². The molecule has 2 rings (SSSR count). The molecule has 1 heterocycles. The van der Waals surface area contributed by atoms with Gasteiger partial charge in [-0.1, -0.05) is 36.5 Å². The van der Waals surface area contributed by atoms with Crippen molar-refractivity contribution in [2.75, 3.05) is 19.6 Å². The zero-order valence-corrected chi connectivity index (χ0v) is 13.9. The first-order valence-electron chi connectivity index (χ1n) is 7.59. The molecule has 5 heteroatoms. The maximum Gasteiger partial charge on any atom is 0.255 e. The third-order valence-corrected chi connectivity index (χ3v) is 4.38. The summed E-state index contributed by atoms with van der Waals surface area (Å²) < 4.78 is 0. The van der Waals surface area contributed by atoms with Crippen molar-refractivity contribution in [2.45, 2.75) is 38.6 Å². The van der Waals surface area contributed by atoms with Gasteiger partial charge in [0.1, 0.15) is 0 Å². The molecular formula is C16H22Cl2N2O. The van der Waals surface area contributed by atoms with Crippen LogP contribution in [0.15, 0.2) is 18.2 Å². The number of benzene rings is 1. The average Bonchev–Trinajstić information content (AvgIpc) is 2.95. The summed E-state index contributed by atoms with van der Waals surface area (Å²) in [5.41, 5.74) is 0.537. The Kier molecular flexibility index (Phi) is 6.34. The van der Waals surface area contributed by atoms with Gasteiger partial charge >= 0.3 is 0 Å². The zero-order valence-electron chi connectivity index (χ0n) is 12.4. The van der Waals surface area contributed by atoms with Gasteiger partial charge in [0.25, 0.3) is 5.91 Å². The number of amides is 1. The van der Waals surface area contributed by atoms with Crippen molar-refractivity contribution in [1.82, 2.24) is 10.2 Å². The van der Waals surface area contributed by atoms with E-state index in [0.29, 0.717) is 21.7 Å². The van der Waals surface area contributed by atoms with E-state index < -0.39 is 0 Å². The van der Waals surface area contributed by atoms with E-state index in [0.717, 1.165) is 38.9 Å². The van der Waals surface area contributed by atoms with Crippen LogP contribution in [0.3, 0.4) is 0 Å². The second-order valence-electron chi connectivity index (χ2n) is 5.52. The van der Waals surface area contributed by atoms with Crippen LogP contribution in [-0.4, -0.2) is 36.5 Å². The summed E-state index contributed by atoms with van der Waals surface area (Å²) in [7, 11) is 0. The van der Waals surface area contributed by atoms with E-state index in [-0.39, 0.29) is 5.91 Å². The highest BCUT2D eigenvalue weighted by Gasteiger charge is 2.23. The van der Waals surface area contributed by atoms with E-state index in [9.17, 15) is 4.79 Å². The predicted molar refractivity (Wildman–Crippen MR) is 88.3 cm³/mol. The molecule has 0 saturated carbocycles. The molecule has 3 nitrogen and oxygen atoms in total. The van der Waals surface area contributed by atoms with Crippen LogP contribution < -0.4 is 5.32 Å². The summed E-state index contributed by atoms with van der Waals surface area (Å²) in [6, 6.07) is 5.46. The third kappa shape index (κ3) is 4.60. The molecule has 1 unspecified atom stereocenters. The predicted octanol–water partition coefficient (Wildman–Crippen LogP) is 3.99. The van der Waals surface area contributed by atoms with Gasteiger partial charge < -0.3 is 10.2 Å². The summed E-state index contributed by atoms with van der Waals surface area (Å²) in [6.45, 7) is 4.69. The van der Waals surface area contributed by atoms with E-state index in [1.165, 1.54) is 6.42 Å². The molecule has 1 saturated heterocycles. The smallest absolute Gasteiger partial charge is 0.255 e. The van der Waals surface area contributed by atoms with Gasteiger partial charge in [0.2, 0.25) is 0 Å². The largest absolute Gasteiger partial charge is 0.337 e. The van der Waals surface area contributed by atoms with Crippen LogP contribution in [0.25, 0.3) is 0 Å². The number of unbranched alkanes of at least 4 members (excludes halogenated alkanes) is 1. The molecule has 1 aromatic carbocycles. The molecular weight excluding hydrogens is 307 g/mol. The molecule has 1 aromatic rings. The first kappa shape index (κ1) is 16.6. The molecule has 21 heavy (non-hydrogen) atoms. The van der Waals surface area contributed by atoms with Crippen molar-refractivity contribution < 1.29 is 4.79 Å². The van der Waals surface area contributed by atoms with Gasteiger partial charge in [-0.15, -0.1) is 0 Å². The number of halogens is 2. The number of nitrogens with zero attached hydrogens (tertiary/aromatic N) is 1. The quantitative estimate of drug-likeness (QED) is 0.856. The summed E-state index contributed by atoms with van der Waals surface area (Å²) in [6.07, 6.45) is 4.38. The summed E-state index contributed by atoms with van der Waals surface area (Å²) in [5, 5.41) is 4.42. The highest BCUT2D eigenvalue weighted by molar-refractivity contribution is 6.36. The van der Waals surface area contributed by atoms with Crippen LogP contribution in [0.5, 0.6) is 0 Å². The molecule has 1 aliphatic rings. The second-order valence-corrected chi connectivity index (χ2v) is 6.37. The van der Waals surface area contributed by atoms with E-state index >= 15 is 0 Å². The van der Waals surface area contributed by atoms with Gasteiger partial charge in [0, 0.05) is 24.2 Å². The van der Waals surface area contributed by atoms with Gasteiger partial charge in [-0.05, 0) is 44.0 Å². The Morgan fingerprint density at radius 1 is 1.43 bits per heavy atom. The van der Waals surface area contributed by atoms with E-state index in [1.54, 1.807) is 18.2 Å². The van der Waals surface area contributed by atoms with Crippen LogP contribution in [0, 0.1) is 0 Å². The lowest BCUT2D eigenvalue weighted by atomic mass is 10.1. The lowest BCUT2D eigenvalue weighted by molar-refractivity contribution is 0.0739. The molecule has 0 radical (unpaired) electrons. The Morgan fingerprint density at radius 2 is 2.24 bits per heavy atom. The van der Waals surface area contributed by atoms with Gasteiger partial charge in [0.05, 0.1) is 10.6 Å². The van der Waals surface area contributed by atoms with Crippen molar-refractivity contribution in [3.63, 3.8) is 0 Å². The molecule has 116 valence electrons.